The van der Waals surface area contributed by atoms with Crippen molar-refractivity contribution in [3.05, 3.63) is 59.7 Å². The Morgan fingerprint density at radius 3 is 2.68 bits per heavy atom. The molecule has 0 heterocycles. The number of rotatable bonds is 4. The van der Waals surface area contributed by atoms with Gasteiger partial charge in [0.2, 0.25) is 0 Å². The third kappa shape index (κ3) is 3.25. The van der Waals surface area contributed by atoms with Crippen molar-refractivity contribution in [3.8, 4) is 5.75 Å². The molecule has 2 aromatic carbocycles. The van der Waals surface area contributed by atoms with Crippen LogP contribution in [0, 0.1) is 0 Å². The van der Waals surface area contributed by atoms with E-state index < -0.39 is 5.97 Å². The normalized spacial score (nSPS) is 9.95. The summed E-state index contributed by atoms with van der Waals surface area (Å²) in [5.41, 5.74) is 7.42. The van der Waals surface area contributed by atoms with Crippen LogP contribution in [0.1, 0.15) is 15.9 Å². The summed E-state index contributed by atoms with van der Waals surface area (Å²) < 4.78 is 10.4. The number of carbonyl (C=O) groups excluding carboxylic acids is 1. The maximum atomic E-state index is 11.9. The summed E-state index contributed by atoms with van der Waals surface area (Å²) in [5, 5.41) is 0. The molecule has 2 N–H and O–H groups in total. The van der Waals surface area contributed by atoms with E-state index in [0.717, 1.165) is 5.56 Å². The van der Waals surface area contributed by atoms with Gasteiger partial charge in [0.25, 0.3) is 0 Å². The molecule has 19 heavy (non-hydrogen) atoms. The van der Waals surface area contributed by atoms with Crippen LogP contribution in [-0.2, 0) is 11.3 Å². The van der Waals surface area contributed by atoms with Crippen LogP contribution in [0.15, 0.2) is 48.5 Å². The molecular weight excluding hydrogens is 242 g/mol. The fourth-order valence-electron chi connectivity index (χ4n) is 1.71. The summed E-state index contributed by atoms with van der Waals surface area (Å²) in [6.07, 6.45) is 0. The lowest BCUT2D eigenvalue weighted by Gasteiger charge is -2.09. The molecule has 0 aliphatic carbocycles. The van der Waals surface area contributed by atoms with Crippen molar-refractivity contribution in [1.29, 1.82) is 0 Å². The van der Waals surface area contributed by atoms with Crippen LogP contribution in [0.25, 0.3) is 0 Å². The first-order chi connectivity index (χ1) is 9.20. The Morgan fingerprint density at radius 2 is 1.95 bits per heavy atom. The molecule has 0 aliphatic rings. The van der Waals surface area contributed by atoms with Gasteiger partial charge in [0, 0.05) is 11.3 Å². The predicted molar refractivity (Wildman–Crippen MR) is 73.0 cm³/mol. The van der Waals surface area contributed by atoms with Gasteiger partial charge in [0.1, 0.15) is 12.4 Å². The average molecular weight is 257 g/mol. The lowest BCUT2D eigenvalue weighted by atomic mass is 10.2. The van der Waals surface area contributed by atoms with Gasteiger partial charge >= 0.3 is 5.97 Å². The number of nitrogen functional groups attached to an aromatic ring is 1. The van der Waals surface area contributed by atoms with E-state index in [1.807, 2.05) is 24.3 Å². The van der Waals surface area contributed by atoms with Crippen LogP contribution in [0.4, 0.5) is 5.69 Å². The highest BCUT2D eigenvalue weighted by molar-refractivity contribution is 5.90. The Hall–Kier alpha value is -2.49. The van der Waals surface area contributed by atoms with E-state index >= 15 is 0 Å². The number of carbonyl (C=O) groups is 1. The quantitative estimate of drug-likeness (QED) is 0.675. The highest BCUT2D eigenvalue weighted by Crippen LogP contribution is 2.19. The van der Waals surface area contributed by atoms with Crippen molar-refractivity contribution >= 4 is 11.7 Å². The van der Waals surface area contributed by atoms with Crippen molar-refractivity contribution < 1.29 is 14.3 Å². The fraction of sp³-hybridized carbons (Fsp3) is 0.133. The van der Waals surface area contributed by atoms with Gasteiger partial charge in [-0.2, -0.15) is 0 Å². The molecule has 0 saturated heterocycles. The molecule has 0 amide bonds. The van der Waals surface area contributed by atoms with E-state index in [-0.39, 0.29) is 6.61 Å². The van der Waals surface area contributed by atoms with E-state index in [9.17, 15) is 4.79 Å². The van der Waals surface area contributed by atoms with E-state index in [1.54, 1.807) is 31.4 Å². The number of esters is 1. The zero-order valence-electron chi connectivity index (χ0n) is 10.6. The van der Waals surface area contributed by atoms with E-state index in [0.29, 0.717) is 17.0 Å². The van der Waals surface area contributed by atoms with Crippen molar-refractivity contribution in [2.45, 2.75) is 6.61 Å². The molecule has 0 unspecified atom stereocenters. The van der Waals surface area contributed by atoms with Crippen LogP contribution in [0.2, 0.25) is 0 Å². The largest absolute Gasteiger partial charge is 0.496 e. The molecule has 2 aromatic rings. The number of nitrogens with two attached hydrogens (primary N) is 1. The molecule has 2 rings (SSSR count). The third-order valence-corrected chi connectivity index (χ3v) is 2.67. The molecule has 0 fully saturated rings. The summed E-state index contributed by atoms with van der Waals surface area (Å²) in [7, 11) is 1.58. The van der Waals surface area contributed by atoms with E-state index in [4.69, 9.17) is 15.2 Å². The van der Waals surface area contributed by atoms with Crippen molar-refractivity contribution in [2.75, 3.05) is 12.8 Å². The number of benzene rings is 2. The molecular formula is C15H15NO3. The predicted octanol–water partition coefficient (Wildman–Crippen LogP) is 2.63. The molecule has 0 aromatic heterocycles. The number of hydrogen-bond acceptors (Lipinski definition) is 4. The monoisotopic (exact) mass is 257 g/mol. The second-order valence-electron chi connectivity index (χ2n) is 4.01. The molecule has 0 saturated carbocycles. The van der Waals surface area contributed by atoms with Crippen LogP contribution in [0.5, 0.6) is 5.75 Å². The number of para-hydroxylation sites is 1. The molecule has 0 bridgehead atoms. The maximum absolute atomic E-state index is 11.9. The second kappa shape index (κ2) is 5.91. The van der Waals surface area contributed by atoms with Crippen LogP contribution >= 0.6 is 0 Å². The minimum Gasteiger partial charge on any atom is -0.496 e. The van der Waals surface area contributed by atoms with Crippen molar-refractivity contribution in [2.24, 2.45) is 0 Å². The van der Waals surface area contributed by atoms with Crippen molar-refractivity contribution in [1.82, 2.24) is 0 Å². The summed E-state index contributed by atoms with van der Waals surface area (Å²) in [6.45, 7) is 0.164. The van der Waals surface area contributed by atoms with E-state index in [1.165, 1.54) is 0 Å². The van der Waals surface area contributed by atoms with Gasteiger partial charge < -0.3 is 15.2 Å². The minimum atomic E-state index is -0.404. The summed E-state index contributed by atoms with van der Waals surface area (Å²) >= 11 is 0. The zero-order chi connectivity index (χ0) is 13.7. The van der Waals surface area contributed by atoms with Crippen LogP contribution in [0.3, 0.4) is 0 Å². The SMILES string of the molecule is COc1ccccc1COC(=O)c1cccc(N)c1. The van der Waals surface area contributed by atoms with Crippen LogP contribution in [-0.4, -0.2) is 13.1 Å². The third-order valence-electron chi connectivity index (χ3n) is 2.67. The van der Waals surface area contributed by atoms with Crippen molar-refractivity contribution in [3.63, 3.8) is 0 Å². The Morgan fingerprint density at radius 1 is 1.16 bits per heavy atom. The van der Waals surface area contributed by atoms with Crippen LogP contribution < -0.4 is 10.5 Å². The summed E-state index contributed by atoms with van der Waals surface area (Å²) in [6, 6.07) is 14.1. The smallest absolute Gasteiger partial charge is 0.338 e. The number of methoxy groups -OCH3 is 1. The first-order valence-electron chi connectivity index (χ1n) is 5.85. The first kappa shape index (κ1) is 13.0. The minimum absolute atomic E-state index is 0.164. The molecule has 0 aliphatic heterocycles. The van der Waals surface area contributed by atoms with Gasteiger partial charge in [-0.1, -0.05) is 24.3 Å². The Balaban J connectivity index is 2.04. The number of hydrogen-bond donors (Lipinski definition) is 1. The molecule has 4 heteroatoms. The lowest BCUT2D eigenvalue weighted by molar-refractivity contribution is 0.0470. The molecule has 0 spiro atoms. The highest BCUT2D eigenvalue weighted by atomic mass is 16.5. The highest BCUT2D eigenvalue weighted by Gasteiger charge is 2.09. The Kier molecular flexibility index (Phi) is 4.03. The second-order valence-corrected chi connectivity index (χ2v) is 4.01. The fourth-order valence-corrected chi connectivity index (χ4v) is 1.71. The van der Waals surface area contributed by atoms with Gasteiger partial charge in [-0.05, 0) is 24.3 Å². The summed E-state index contributed by atoms with van der Waals surface area (Å²) in [4.78, 5) is 11.9. The number of anilines is 1. The van der Waals surface area contributed by atoms with Gasteiger partial charge in [0.05, 0.1) is 12.7 Å². The van der Waals surface area contributed by atoms with Gasteiger partial charge in [0.15, 0.2) is 0 Å². The first-order valence-corrected chi connectivity index (χ1v) is 5.85. The lowest BCUT2D eigenvalue weighted by Crippen LogP contribution is -2.06. The molecule has 0 radical (unpaired) electrons. The maximum Gasteiger partial charge on any atom is 0.338 e. The standard InChI is InChI=1S/C15H15NO3/c1-18-14-8-3-2-5-12(14)10-19-15(17)11-6-4-7-13(16)9-11/h2-9H,10,16H2,1H3. The average Bonchev–Trinajstić information content (AvgIpc) is 2.45. The Labute approximate surface area is 111 Å². The number of ether oxygens (including phenoxy) is 2. The van der Waals surface area contributed by atoms with Gasteiger partial charge in [-0.25, -0.2) is 4.79 Å². The van der Waals surface area contributed by atoms with Gasteiger partial charge in [-0.15, -0.1) is 0 Å². The molecule has 0 atom stereocenters. The Bertz CT molecular complexity index is 581. The zero-order valence-corrected chi connectivity index (χ0v) is 10.6. The topological polar surface area (TPSA) is 61.5 Å². The summed E-state index contributed by atoms with van der Waals surface area (Å²) in [5.74, 6) is 0.293. The van der Waals surface area contributed by atoms with Gasteiger partial charge in [-0.3, -0.25) is 0 Å². The molecule has 98 valence electrons. The van der Waals surface area contributed by atoms with E-state index in [2.05, 4.69) is 0 Å². The molecule has 4 nitrogen and oxygen atoms in total.